The SMILES string of the molecule is NNc1cc(O)c(I)cc1F. The van der Waals surface area contributed by atoms with Crippen molar-refractivity contribution in [3.05, 3.63) is 21.5 Å². The molecule has 1 rings (SSSR count). The molecule has 0 aliphatic heterocycles. The molecule has 0 heterocycles. The maximum atomic E-state index is 12.8. The first-order valence-corrected chi connectivity index (χ1v) is 3.87. The summed E-state index contributed by atoms with van der Waals surface area (Å²) in [6.45, 7) is 0. The Morgan fingerprint density at radius 3 is 2.73 bits per heavy atom. The predicted molar refractivity (Wildman–Crippen MR) is 48.6 cm³/mol. The van der Waals surface area contributed by atoms with Crippen molar-refractivity contribution in [3.8, 4) is 5.75 Å². The number of halogens is 2. The average molecular weight is 268 g/mol. The second-order valence-corrected chi connectivity index (χ2v) is 3.09. The molecule has 4 N–H and O–H groups in total. The van der Waals surface area contributed by atoms with Crippen molar-refractivity contribution in [1.82, 2.24) is 0 Å². The molecule has 0 bridgehead atoms. The van der Waals surface area contributed by atoms with Gasteiger partial charge in [0.2, 0.25) is 0 Å². The van der Waals surface area contributed by atoms with Gasteiger partial charge in [0.15, 0.2) is 0 Å². The molecular weight excluding hydrogens is 262 g/mol. The van der Waals surface area contributed by atoms with E-state index in [1.807, 2.05) is 22.6 Å². The number of benzene rings is 1. The molecule has 5 heteroatoms. The van der Waals surface area contributed by atoms with Crippen LogP contribution in [-0.2, 0) is 0 Å². The Morgan fingerprint density at radius 2 is 2.18 bits per heavy atom. The highest BCUT2D eigenvalue weighted by Gasteiger charge is 2.05. The van der Waals surface area contributed by atoms with Crippen LogP contribution in [0.2, 0.25) is 0 Å². The summed E-state index contributed by atoms with van der Waals surface area (Å²) >= 11 is 1.82. The van der Waals surface area contributed by atoms with Crippen molar-refractivity contribution in [2.75, 3.05) is 5.43 Å². The van der Waals surface area contributed by atoms with E-state index in [-0.39, 0.29) is 11.4 Å². The van der Waals surface area contributed by atoms with E-state index < -0.39 is 5.82 Å². The first-order valence-electron chi connectivity index (χ1n) is 2.79. The molecule has 1 aromatic rings. The van der Waals surface area contributed by atoms with E-state index in [1.54, 1.807) is 0 Å². The highest BCUT2D eigenvalue weighted by Crippen LogP contribution is 2.25. The lowest BCUT2D eigenvalue weighted by molar-refractivity contribution is 0.469. The quantitative estimate of drug-likeness (QED) is 0.410. The first kappa shape index (κ1) is 8.54. The van der Waals surface area contributed by atoms with Crippen LogP contribution in [0.1, 0.15) is 0 Å². The smallest absolute Gasteiger partial charge is 0.148 e. The van der Waals surface area contributed by atoms with Gasteiger partial charge in [0, 0.05) is 6.07 Å². The first-order chi connectivity index (χ1) is 5.15. The number of anilines is 1. The molecule has 0 fully saturated rings. The van der Waals surface area contributed by atoms with Crippen molar-refractivity contribution < 1.29 is 9.50 Å². The summed E-state index contributed by atoms with van der Waals surface area (Å²) in [5, 5.41) is 9.09. The third-order valence-electron chi connectivity index (χ3n) is 1.19. The largest absolute Gasteiger partial charge is 0.507 e. The number of hydrazine groups is 1. The molecule has 0 aliphatic rings. The third kappa shape index (κ3) is 1.72. The molecular formula is C6H6FIN2O. The molecule has 0 saturated heterocycles. The van der Waals surface area contributed by atoms with Crippen molar-refractivity contribution >= 4 is 28.3 Å². The lowest BCUT2D eigenvalue weighted by atomic mass is 10.3. The number of nitrogen functional groups attached to an aromatic ring is 1. The maximum Gasteiger partial charge on any atom is 0.148 e. The van der Waals surface area contributed by atoms with Crippen LogP contribution in [0.25, 0.3) is 0 Å². The van der Waals surface area contributed by atoms with E-state index in [4.69, 9.17) is 10.9 Å². The number of nitrogens with two attached hydrogens (primary N) is 1. The zero-order valence-electron chi connectivity index (χ0n) is 5.44. The molecule has 0 atom stereocenters. The molecule has 3 nitrogen and oxygen atoms in total. The second kappa shape index (κ2) is 3.22. The van der Waals surface area contributed by atoms with Gasteiger partial charge in [0.25, 0.3) is 0 Å². The molecule has 60 valence electrons. The molecule has 0 unspecified atom stereocenters. The van der Waals surface area contributed by atoms with E-state index in [0.717, 1.165) is 0 Å². The van der Waals surface area contributed by atoms with E-state index in [1.165, 1.54) is 12.1 Å². The van der Waals surface area contributed by atoms with E-state index in [0.29, 0.717) is 3.57 Å². The second-order valence-electron chi connectivity index (χ2n) is 1.93. The van der Waals surface area contributed by atoms with E-state index in [2.05, 4.69) is 5.43 Å². The Kier molecular flexibility index (Phi) is 2.50. The van der Waals surface area contributed by atoms with Gasteiger partial charge in [-0.3, -0.25) is 5.84 Å². The number of phenols is 1. The topological polar surface area (TPSA) is 58.3 Å². The molecule has 1 aromatic carbocycles. The molecule has 0 spiro atoms. The minimum absolute atomic E-state index is 0.0138. The maximum absolute atomic E-state index is 12.8. The van der Waals surface area contributed by atoms with Gasteiger partial charge in [-0.2, -0.15) is 0 Å². The summed E-state index contributed by atoms with van der Waals surface area (Å²) in [7, 11) is 0. The number of rotatable bonds is 1. The van der Waals surface area contributed by atoms with Gasteiger partial charge in [0.1, 0.15) is 11.6 Å². The predicted octanol–water partition coefficient (Wildman–Crippen LogP) is 1.42. The number of nitrogens with one attached hydrogen (secondary N) is 1. The lowest BCUT2D eigenvalue weighted by Gasteiger charge is -2.03. The van der Waals surface area contributed by atoms with Crippen LogP contribution in [0.3, 0.4) is 0 Å². The number of hydrogen-bond acceptors (Lipinski definition) is 3. The van der Waals surface area contributed by atoms with Crippen molar-refractivity contribution in [3.63, 3.8) is 0 Å². The highest BCUT2D eigenvalue weighted by atomic mass is 127. The summed E-state index contributed by atoms with van der Waals surface area (Å²) in [4.78, 5) is 0. The van der Waals surface area contributed by atoms with Crippen LogP contribution < -0.4 is 11.3 Å². The van der Waals surface area contributed by atoms with Gasteiger partial charge < -0.3 is 10.5 Å². The monoisotopic (exact) mass is 268 g/mol. The summed E-state index contributed by atoms with van der Waals surface area (Å²) in [5.41, 5.74) is 2.21. The zero-order chi connectivity index (χ0) is 8.43. The minimum Gasteiger partial charge on any atom is -0.507 e. The summed E-state index contributed by atoms with van der Waals surface area (Å²) in [6, 6.07) is 2.43. The van der Waals surface area contributed by atoms with Crippen molar-refractivity contribution in [2.45, 2.75) is 0 Å². The Hall–Kier alpha value is -0.560. The molecule has 0 aliphatic carbocycles. The van der Waals surface area contributed by atoms with Crippen LogP contribution >= 0.6 is 22.6 Å². The summed E-state index contributed by atoms with van der Waals surface area (Å²) in [6.07, 6.45) is 0. The molecule has 11 heavy (non-hydrogen) atoms. The Labute approximate surface area is 76.5 Å². The Balaban J connectivity index is 3.21. The fraction of sp³-hybridized carbons (Fsp3) is 0. The van der Waals surface area contributed by atoms with Gasteiger partial charge in [-0.25, -0.2) is 4.39 Å². The van der Waals surface area contributed by atoms with Crippen molar-refractivity contribution in [2.24, 2.45) is 5.84 Å². The lowest BCUT2D eigenvalue weighted by Crippen LogP contribution is -2.08. The minimum atomic E-state index is -0.477. The highest BCUT2D eigenvalue weighted by molar-refractivity contribution is 14.1. The van der Waals surface area contributed by atoms with Crippen LogP contribution in [0, 0.1) is 9.39 Å². The van der Waals surface area contributed by atoms with Gasteiger partial charge in [0.05, 0.1) is 9.26 Å². The molecule has 0 radical (unpaired) electrons. The van der Waals surface area contributed by atoms with Crippen LogP contribution in [0.5, 0.6) is 5.75 Å². The summed E-state index contributed by atoms with van der Waals surface area (Å²) in [5.74, 6) is 4.50. The third-order valence-corrected chi connectivity index (χ3v) is 2.06. The number of phenolic OH excluding ortho intramolecular Hbond substituents is 1. The normalized spacial score (nSPS) is 9.73. The fourth-order valence-electron chi connectivity index (χ4n) is 0.648. The Bertz CT molecular complexity index is 280. The molecule has 0 amide bonds. The van der Waals surface area contributed by atoms with Crippen LogP contribution in [0.4, 0.5) is 10.1 Å². The molecule has 0 saturated carbocycles. The van der Waals surface area contributed by atoms with Gasteiger partial charge in [-0.05, 0) is 28.7 Å². The van der Waals surface area contributed by atoms with E-state index in [9.17, 15) is 4.39 Å². The van der Waals surface area contributed by atoms with E-state index >= 15 is 0 Å². The van der Waals surface area contributed by atoms with Crippen LogP contribution in [-0.4, -0.2) is 5.11 Å². The van der Waals surface area contributed by atoms with Gasteiger partial charge >= 0.3 is 0 Å². The van der Waals surface area contributed by atoms with Crippen LogP contribution in [0.15, 0.2) is 12.1 Å². The average Bonchev–Trinajstić information content (AvgIpc) is 1.97. The Morgan fingerprint density at radius 1 is 1.55 bits per heavy atom. The fourth-order valence-corrected chi connectivity index (χ4v) is 1.08. The zero-order valence-corrected chi connectivity index (χ0v) is 7.59. The molecule has 0 aromatic heterocycles. The number of hydrogen-bond donors (Lipinski definition) is 3. The van der Waals surface area contributed by atoms with Gasteiger partial charge in [-0.15, -0.1) is 0 Å². The standard InChI is InChI=1S/C6H6FIN2O/c7-3-1-4(8)6(11)2-5(3)10-9/h1-2,10-11H,9H2. The number of aromatic hydroxyl groups is 1. The van der Waals surface area contributed by atoms with Gasteiger partial charge in [-0.1, -0.05) is 0 Å². The summed E-state index contributed by atoms with van der Waals surface area (Å²) < 4.78 is 13.2. The van der Waals surface area contributed by atoms with Crippen molar-refractivity contribution in [1.29, 1.82) is 0 Å².